The first-order valence-corrected chi connectivity index (χ1v) is 5.00. The number of epoxide rings is 1. The Morgan fingerprint density at radius 2 is 1.93 bits per heavy atom. The first-order valence-electron chi connectivity index (χ1n) is 5.00. The lowest BCUT2D eigenvalue weighted by Crippen LogP contribution is -2.25. The van der Waals surface area contributed by atoms with E-state index < -0.39 is 0 Å². The van der Waals surface area contributed by atoms with E-state index in [1.165, 1.54) is 5.56 Å². The lowest BCUT2D eigenvalue weighted by atomic mass is 9.80. The smallest absolute Gasteiger partial charge is 0.103 e. The second-order valence-electron chi connectivity index (χ2n) is 4.34. The van der Waals surface area contributed by atoms with Gasteiger partial charge in [0.25, 0.3) is 0 Å². The van der Waals surface area contributed by atoms with Crippen molar-refractivity contribution in [3.05, 3.63) is 48.6 Å². The van der Waals surface area contributed by atoms with Gasteiger partial charge in [0.15, 0.2) is 0 Å². The van der Waals surface area contributed by atoms with E-state index in [0.29, 0.717) is 6.10 Å². The van der Waals surface area contributed by atoms with Gasteiger partial charge < -0.3 is 4.74 Å². The number of rotatable bonds is 3. The SMILES string of the molecule is C=C[C@@H]1O[C@H]1C(C)(C)c1ccccc1. The van der Waals surface area contributed by atoms with E-state index in [9.17, 15) is 0 Å². The molecule has 1 aromatic rings. The molecule has 1 aliphatic heterocycles. The van der Waals surface area contributed by atoms with Crippen LogP contribution < -0.4 is 0 Å². The first-order chi connectivity index (χ1) is 6.66. The third-order valence-electron chi connectivity index (χ3n) is 2.99. The van der Waals surface area contributed by atoms with Gasteiger partial charge in [-0.05, 0) is 5.56 Å². The Morgan fingerprint density at radius 3 is 2.43 bits per heavy atom. The van der Waals surface area contributed by atoms with Crippen LogP contribution in [-0.2, 0) is 10.2 Å². The topological polar surface area (TPSA) is 12.5 Å². The molecule has 1 heterocycles. The van der Waals surface area contributed by atoms with Crippen LogP contribution in [0.3, 0.4) is 0 Å². The van der Waals surface area contributed by atoms with Crippen LogP contribution in [0.5, 0.6) is 0 Å². The van der Waals surface area contributed by atoms with Gasteiger partial charge in [-0.2, -0.15) is 0 Å². The molecule has 0 bridgehead atoms. The summed E-state index contributed by atoms with van der Waals surface area (Å²) in [4.78, 5) is 0. The van der Waals surface area contributed by atoms with Gasteiger partial charge in [0.2, 0.25) is 0 Å². The van der Waals surface area contributed by atoms with Gasteiger partial charge >= 0.3 is 0 Å². The van der Waals surface area contributed by atoms with E-state index in [4.69, 9.17) is 4.74 Å². The summed E-state index contributed by atoms with van der Waals surface area (Å²) in [6.07, 6.45) is 2.42. The quantitative estimate of drug-likeness (QED) is 0.525. The molecule has 0 spiro atoms. The third kappa shape index (κ3) is 1.48. The Balaban J connectivity index is 2.21. The summed E-state index contributed by atoms with van der Waals surface area (Å²) in [5.41, 5.74) is 1.41. The van der Waals surface area contributed by atoms with E-state index in [-0.39, 0.29) is 11.5 Å². The Hall–Kier alpha value is -1.08. The predicted octanol–water partition coefficient (Wildman–Crippen LogP) is 2.92. The minimum absolute atomic E-state index is 0.0834. The van der Waals surface area contributed by atoms with E-state index in [2.05, 4.69) is 44.7 Å². The average Bonchev–Trinajstić information content (AvgIpc) is 2.98. The van der Waals surface area contributed by atoms with E-state index in [0.717, 1.165) is 0 Å². The molecule has 2 rings (SSSR count). The van der Waals surface area contributed by atoms with Crippen LogP contribution in [0.2, 0.25) is 0 Å². The van der Waals surface area contributed by atoms with Gasteiger partial charge in [-0.1, -0.05) is 50.3 Å². The van der Waals surface area contributed by atoms with E-state index >= 15 is 0 Å². The fourth-order valence-corrected chi connectivity index (χ4v) is 1.92. The lowest BCUT2D eigenvalue weighted by Gasteiger charge is -2.22. The first kappa shape index (κ1) is 9.47. The average molecular weight is 188 g/mol. The highest BCUT2D eigenvalue weighted by molar-refractivity contribution is 5.28. The second-order valence-corrected chi connectivity index (χ2v) is 4.34. The molecule has 74 valence electrons. The molecule has 0 aliphatic carbocycles. The Morgan fingerprint density at radius 1 is 1.29 bits per heavy atom. The zero-order valence-electron chi connectivity index (χ0n) is 8.73. The highest BCUT2D eigenvalue weighted by Crippen LogP contribution is 2.41. The molecule has 0 radical (unpaired) electrons. The molecule has 0 saturated carbocycles. The number of hydrogen-bond donors (Lipinski definition) is 0. The monoisotopic (exact) mass is 188 g/mol. The van der Waals surface area contributed by atoms with Crippen molar-refractivity contribution in [3.63, 3.8) is 0 Å². The summed E-state index contributed by atoms with van der Waals surface area (Å²) in [6.45, 7) is 8.19. The van der Waals surface area contributed by atoms with Gasteiger partial charge in [-0.25, -0.2) is 0 Å². The third-order valence-corrected chi connectivity index (χ3v) is 2.99. The molecule has 1 saturated heterocycles. The van der Waals surface area contributed by atoms with Crippen molar-refractivity contribution in [2.75, 3.05) is 0 Å². The molecule has 0 N–H and O–H groups in total. The minimum Gasteiger partial charge on any atom is -0.364 e. The molecule has 1 aliphatic rings. The maximum absolute atomic E-state index is 5.57. The zero-order chi connectivity index (χ0) is 10.2. The van der Waals surface area contributed by atoms with E-state index in [1.807, 2.05) is 12.1 Å². The molecule has 0 amide bonds. The Labute approximate surface area is 85.4 Å². The maximum Gasteiger partial charge on any atom is 0.103 e. The van der Waals surface area contributed by atoms with Crippen LogP contribution in [0.15, 0.2) is 43.0 Å². The zero-order valence-corrected chi connectivity index (χ0v) is 8.73. The summed E-state index contributed by atoms with van der Waals surface area (Å²) in [7, 11) is 0. The molecule has 2 atom stereocenters. The van der Waals surface area contributed by atoms with Gasteiger partial charge in [-0.3, -0.25) is 0 Å². The van der Waals surface area contributed by atoms with Crippen molar-refractivity contribution < 1.29 is 4.74 Å². The molecule has 1 aromatic carbocycles. The van der Waals surface area contributed by atoms with Gasteiger partial charge in [0.05, 0.1) is 6.10 Å². The van der Waals surface area contributed by atoms with Gasteiger partial charge in [0, 0.05) is 5.41 Å². The second kappa shape index (κ2) is 3.25. The van der Waals surface area contributed by atoms with Crippen molar-refractivity contribution in [2.24, 2.45) is 0 Å². The summed E-state index contributed by atoms with van der Waals surface area (Å²) in [5.74, 6) is 0. The molecule has 1 nitrogen and oxygen atoms in total. The normalized spacial score (nSPS) is 25.9. The summed E-state index contributed by atoms with van der Waals surface area (Å²) < 4.78 is 5.57. The molecule has 0 aromatic heterocycles. The summed E-state index contributed by atoms with van der Waals surface area (Å²) >= 11 is 0. The fraction of sp³-hybridized carbons (Fsp3) is 0.385. The molecular weight excluding hydrogens is 172 g/mol. The minimum atomic E-state index is 0.0834. The largest absolute Gasteiger partial charge is 0.364 e. The molecule has 14 heavy (non-hydrogen) atoms. The molecule has 1 fully saturated rings. The standard InChI is InChI=1S/C13H16O/c1-4-11-12(14-11)13(2,3)10-8-6-5-7-9-10/h4-9,11-12H,1H2,2-3H3/t11-,12+/m0/s1. The van der Waals surface area contributed by atoms with Crippen molar-refractivity contribution in [3.8, 4) is 0 Å². The maximum atomic E-state index is 5.57. The van der Waals surface area contributed by atoms with Gasteiger partial charge in [-0.15, -0.1) is 6.58 Å². The van der Waals surface area contributed by atoms with Crippen LogP contribution in [0.25, 0.3) is 0 Å². The summed E-state index contributed by atoms with van der Waals surface area (Å²) in [6, 6.07) is 10.5. The highest BCUT2D eigenvalue weighted by Gasteiger charge is 2.48. The van der Waals surface area contributed by atoms with Crippen LogP contribution >= 0.6 is 0 Å². The number of hydrogen-bond acceptors (Lipinski definition) is 1. The highest BCUT2D eigenvalue weighted by atomic mass is 16.6. The van der Waals surface area contributed by atoms with Crippen LogP contribution in [0.4, 0.5) is 0 Å². The Kier molecular flexibility index (Phi) is 2.20. The number of ether oxygens (including phenoxy) is 1. The predicted molar refractivity (Wildman–Crippen MR) is 58.3 cm³/mol. The van der Waals surface area contributed by atoms with Crippen molar-refractivity contribution in [1.82, 2.24) is 0 Å². The lowest BCUT2D eigenvalue weighted by molar-refractivity contribution is 0.313. The van der Waals surface area contributed by atoms with Crippen LogP contribution in [0.1, 0.15) is 19.4 Å². The van der Waals surface area contributed by atoms with Crippen LogP contribution in [-0.4, -0.2) is 12.2 Å². The Bertz CT molecular complexity index is 326. The van der Waals surface area contributed by atoms with E-state index in [1.54, 1.807) is 0 Å². The molecule has 0 unspecified atom stereocenters. The van der Waals surface area contributed by atoms with Crippen molar-refractivity contribution >= 4 is 0 Å². The molecule has 1 heteroatoms. The number of benzene rings is 1. The van der Waals surface area contributed by atoms with Crippen LogP contribution in [0, 0.1) is 0 Å². The molecular formula is C13H16O. The van der Waals surface area contributed by atoms with Crippen molar-refractivity contribution in [1.29, 1.82) is 0 Å². The fourth-order valence-electron chi connectivity index (χ4n) is 1.92. The van der Waals surface area contributed by atoms with Gasteiger partial charge in [0.1, 0.15) is 6.10 Å². The van der Waals surface area contributed by atoms with Crippen molar-refractivity contribution in [2.45, 2.75) is 31.5 Å². The summed E-state index contributed by atoms with van der Waals surface area (Å²) in [5, 5.41) is 0.